The van der Waals surface area contributed by atoms with Gasteiger partial charge in [0.15, 0.2) is 6.29 Å². The van der Waals surface area contributed by atoms with Crippen LogP contribution in [0.5, 0.6) is 0 Å². The van der Waals surface area contributed by atoms with E-state index in [-0.39, 0.29) is 18.5 Å². The SMILES string of the molecule is Clc1ccc(C(Cc2ccccc2)O[C@H]2CCC[C@H](Cn3ccnc3)O2)c(Cl)c1. The summed E-state index contributed by atoms with van der Waals surface area (Å²) in [6.07, 6.45) is 8.87. The van der Waals surface area contributed by atoms with Gasteiger partial charge in [-0.1, -0.05) is 59.6 Å². The predicted molar refractivity (Wildman–Crippen MR) is 115 cm³/mol. The number of ether oxygens (including phenoxy) is 2. The Morgan fingerprint density at radius 2 is 2.00 bits per heavy atom. The van der Waals surface area contributed by atoms with Gasteiger partial charge in [0.1, 0.15) is 0 Å². The van der Waals surface area contributed by atoms with Gasteiger partial charge in [-0.3, -0.25) is 0 Å². The average Bonchev–Trinajstić information content (AvgIpc) is 3.22. The fraction of sp³-hybridized carbons (Fsp3) is 0.348. The van der Waals surface area contributed by atoms with Crippen LogP contribution < -0.4 is 0 Å². The third-order valence-corrected chi connectivity index (χ3v) is 5.74. The second kappa shape index (κ2) is 9.77. The molecule has 2 heterocycles. The monoisotopic (exact) mass is 430 g/mol. The Labute approximate surface area is 181 Å². The first-order chi connectivity index (χ1) is 14.2. The van der Waals surface area contributed by atoms with Crippen LogP contribution in [0.1, 0.15) is 36.5 Å². The van der Waals surface area contributed by atoms with E-state index >= 15 is 0 Å². The zero-order valence-corrected chi connectivity index (χ0v) is 17.6. The molecule has 1 unspecified atom stereocenters. The van der Waals surface area contributed by atoms with Crippen LogP contribution in [0.3, 0.4) is 0 Å². The lowest BCUT2D eigenvalue weighted by Gasteiger charge is -2.33. The van der Waals surface area contributed by atoms with Crippen molar-refractivity contribution in [3.8, 4) is 0 Å². The van der Waals surface area contributed by atoms with Gasteiger partial charge in [-0.25, -0.2) is 4.98 Å². The molecule has 0 bridgehead atoms. The van der Waals surface area contributed by atoms with Crippen molar-refractivity contribution in [1.29, 1.82) is 0 Å². The molecular formula is C23H24Cl2N2O2. The lowest BCUT2D eigenvalue weighted by atomic mass is 10.0. The van der Waals surface area contributed by atoms with E-state index in [4.69, 9.17) is 32.7 Å². The Balaban J connectivity index is 1.49. The summed E-state index contributed by atoms with van der Waals surface area (Å²) >= 11 is 12.6. The topological polar surface area (TPSA) is 36.3 Å². The second-order valence-electron chi connectivity index (χ2n) is 7.36. The van der Waals surface area contributed by atoms with E-state index in [0.717, 1.165) is 31.4 Å². The van der Waals surface area contributed by atoms with Crippen LogP contribution in [0.2, 0.25) is 10.0 Å². The zero-order chi connectivity index (χ0) is 20.1. The molecule has 0 aliphatic carbocycles. The highest BCUT2D eigenvalue weighted by molar-refractivity contribution is 6.35. The summed E-state index contributed by atoms with van der Waals surface area (Å²) in [5, 5.41) is 1.23. The number of imidazole rings is 1. The third kappa shape index (κ3) is 5.61. The molecule has 4 rings (SSSR count). The molecule has 3 aromatic rings. The Hall–Kier alpha value is -1.85. The number of benzene rings is 2. The van der Waals surface area contributed by atoms with E-state index in [1.165, 1.54) is 5.56 Å². The molecule has 0 radical (unpaired) electrons. The fourth-order valence-electron chi connectivity index (χ4n) is 3.73. The maximum absolute atomic E-state index is 6.52. The smallest absolute Gasteiger partial charge is 0.158 e. The van der Waals surface area contributed by atoms with Crippen LogP contribution in [0.15, 0.2) is 67.3 Å². The minimum absolute atomic E-state index is 0.112. The normalized spacial score (nSPS) is 20.5. The van der Waals surface area contributed by atoms with Crippen LogP contribution in [0, 0.1) is 0 Å². The molecule has 0 amide bonds. The lowest BCUT2D eigenvalue weighted by molar-refractivity contribution is -0.218. The van der Waals surface area contributed by atoms with Crippen LogP contribution in [0.4, 0.5) is 0 Å². The van der Waals surface area contributed by atoms with Crippen molar-refractivity contribution in [2.45, 2.75) is 50.7 Å². The largest absolute Gasteiger partial charge is 0.348 e. The predicted octanol–water partition coefficient (Wildman–Crippen LogP) is 6.09. The summed E-state index contributed by atoms with van der Waals surface area (Å²) in [7, 11) is 0. The molecule has 0 saturated carbocycles. The molecule has 1 fully saturated rings. The maximum Gasteiger partial charge on any atom is 0.158 e. The van der Waals surface area contributed by atoms with Crippen LogP contribution in [-0.2, 0) is 22.4 Å². The molecule has 29 heavy (non-hydrogen) atoms. The van der Waals surface area contributed by atoms with Gasteiger partial charge in [0.05, 0.1) is 18.5 Å². The molecule has 1 aliphatic rings. The van der Waals surface area contributed by atoms with E-state index in [0.29, 0.717) is 16.5 Å². The van der Waals surface area contributed by atoms with Gasteiger partial charge in [0.25, 0.3) is 0 Å². The van der Waals surface area contributed by atoms with Gasteiger partial charge in [-0.15, -0.1) is 0 Å². The van der Waals surface area contributed by atoms with Crippen LogP contribution >= 0.6 is 23.2 Å². The van der Waals surface area contributed by atoms with E-state index in [9.17, 15) is 0 Å². The Morgan fingerprint density at radius 3 is 2.76 bits per heavy atom. The molecule has 6 heteroatoms. The Kier molecular flexibility index (Phi) is 6.88. The lowest BCUT2D eigenvalue weighted by Crippen LogP contribution is -2.33. The minimum Gasteiger partial charge on any atom is -0.348 e. The van der Waals surface area contributed by atoms with Crippen molar-refractivity contribution in [1.82, 2.24) is 9.55 Å². The molecule has 0 spiro atoms. The first kappa shape index (κ1) is 20.4. The van der Waals surface area contributed by atoms with Crippen molar-refractivity contribution < 1.29 is 9.47 Å². The number of aromatic nitrogens is 2. The van der Waals surface area contributed by atoms with Gasteiger partial charge in [-0.2, -0.15) is 0 Å². The van der Waals surface area contributed by atoms with E-state index in [2.05, 4.69) is 17.1 Å². The van der Waals surface area contributed by atoms with Crippen molar-refractivity contribution >= 4 is 23.2 Å². The number of rotatable bonds is 7. The highest BCUT2D eigenvalue weighted by Gasteiger charge is 2.27. The second-order valence-corrected chi connectivity index (χ2v) is 8.20. The molecule has 3 atom stereocenters. The molecule has 1 saturated heterocycles. The number of nitrogens with zero attached hydrogens (tertiary/aromatic N) is 2. The molecule has 0 N–H and O–H groups in total. The van der Waals surface area contributed by atoms with E-state index in [1.807, 2.05) is 47.4 Å². The fourth-order valence-corrected chi connectivity index (χ4v) is 4.26. The zero-order valence-electron chi connectivity index (χ0n) is 16.1. The van der Waals surface area contributed by atoms with Gasteiger partial charge in [0, 0.05) is 35.4 Å². The van der Waals surface area contributed by atoms with Crippen molar-refractivity contribution in [3.05, 3.63) is 88.4 Å². The first-order valence-corrected chi connectivity index (χ1v) is 10.7. The number of hydrogen-bond donors (Lipinski definition) is 0. The number of halogens is 2. The van der Waals surface area contributed by atoms with E-state index < -0.39 is 0 Å². The summed E-state index contributed by atoms with van der Waals surface area (Å²) in [5.74, 6) is 0. The summed E-state index contributed by atoms with van der Waals surface area (Å²) in [6.45, 7) is 0.783. The summed E-state index contributed by atoms with van der Waals surface area (Å²) in [6, 6.07) is 15.9. The summed E-state index contributed by atoms with van der Waals surface area (Å²) in [5.41, 5.74) is 2.12. The quantitative estimate of drug-likeness (QED) is 0.455. The maximum atomic E-state index is 6.52. The molecule has 1 aromatic heterocycles. The van der Waals surface area contributed by atoms with E-state index in [1.54, 1.807) is 12.3 Å². The van der Waals surface area contributed by atoms with Gasteiger partial charge >= 0.3 is 0 Å². The molecule has 4 nitrogen and oxygen atoms in total. The third-order valence-electron chi connectivity index (χ3n) is 5.17. The number of hydrogen-bond acceptors (Lipinski definition) is 3. The van der Waals surface area contributed by atoms with Crippen LogP contribution in [0.25, 0.3) is 0 Å². The van der Waals surface area contributed by atoms with Crippen molar-refractivity contribution in [2.75, 3.05) is 0 Å². The Bertz CT molecular complexity index is 903. The minimum atomic E-state index is -0.266. The van der Waals surface area contributed by atoms with Gasteiger partial charge in [0.2, 0.25) is 0 Å². The summed E-state index contributed by atoms with van der Waals surface area (Å²) < 4.78 is 14.8. The van der Waals surface area contributed by atoms with Crippen molar-refractivity contribution in [2.24, 2.45) is 0 Å². The molecule has 152 valence electrons. The summed E-state index contributed by atoms with van der Waals surface area (Å²) in [4.78, 5) is 4.11. The molecular weight excluding hydrogens is 407 g/mol. The highest BCUT2D eigenvalue weighted by atomic mass is 35.5. The Morgan fingerprint density at radius 1 is 1.14 bits per heavy atom. The molecule has 2 aromatic carbocycles. The van der Waals surface area contributed by atoms with Crippen molar-refractivity contribution in [3.63, 3.8) is 0 Å². The first-order valence-electron chi connectivity index (χ1n) is 9.93. The molecule has 1 aliphatic heterocycles. The average molecular weight is 431 g/mol. The van der Waals surface area contributed by atoms with Crippen LogP contribution in [-0.4, -0.2) is 21.9 Å². The van der Waals surface area contributed by atoms with Gasteiger partial charge < -0.3 is 14.0 Å². The standard InChI is InChI=1S/C23H24Cl2N2O2/c24-18-9-10-20(21(25)14-18)22(13-17-5-2-1-3-6-17)29-23-8-4-7-19(28-23)15-27-12-11-26-16-27/h1-3,5-6,9-12,14,16,19,22-23H,4,7-8,13,15H2/t19-,22?,23+/m1/s1. The highest BCUT2D eigenvalue weighted by Crippen LogP contribution is 2.34. The van der Waals surface area contributed by atoms with Gasteiger partial charge in [-0.05, 0) is 42.5 Å².